The minimum atomic E-state index is 0.676. The van der Waals surface area contributed by atoms with Crippen molar-refractivity contribution in [2.45, 2.75) is 6.92 Å². The van der Waals surface area contributed by atoms with Gasteiger partial charge in [0.1, 0.15) is 0 Å². The van der Waals surface area contributed by atoms with E-state index >= 15 is 0 Å². The summed E-state index contributed by atoms with van der Waals surface area (Å²) in [6, 6.07) is 12.8. The van der Waals surface area contributed by atoms with Crippen LogP contribution in [0.5, 0.6) is 0 Å². The van der Waals surface area contributed by atoms with Crippen LogP contribution >= 0.6 is 0 Å². The van der Waals surface area contributed by atoms with Crippen LogP contribution < -0.4 is 11.5 Å². The molecule has 2 rings (SSSR count). The highest BCUT2D eigenvalue weighted by Crippen LogP contribution is 2.24. The lowest BCUT2D eigenvalue weighted by Crippen LogP contribution is -1.84. The quantitative estimate of drug-likeness (QED) is 0.606. The van der Waals surface area contributed by atoms with Crippen molar-refractivity contribution in [2.24, 2.45) is 10.2 Å². The highest BCUT2D eigenvalue weighted by Gasteiger charge is 1.97. The van der Waals surface area contributed by atoms with Crippen molar-refractivity contribution in [3.8, 4) is 0 Å². The molecule has 0 saturated carbocycles. The van der Waals surface area contributed by atoms with Crippen molar-refractivity contribution in [3.63, 3.8) is 0 Å². The van der Waals surface area contributed by atoms with E-state index < -0.39 is 0 Å². The normalized spacial score (nSPS) is 10.9. The number of hydrogen-bond donors (Lipinski definition) is 2. The molecule has 0 heterocycles. The molecule has 0 saturated heterocycles. The Kier molecular flexibility index (Phi) is 3.05. The molecular formula is C13H14N4. The lowest BCUT2D eigenvalue weighted by molar-refractivity contribution is 1.21. The zero-order chi connectivity index (χ0) is 12.3. The Labute approximate surface area is 100.0 Å². The van der Waals surface area contributed by atoms with Crippen LogP contribution in [0.4, 0.5) is 22.7 Å². The first-order valence-corrected chi connectivity index (χ1v) is 5.28. The third-order valence-corrected chi connectivity index (χ3v) is 2.36. The van der Waals surface area contributed by atoms with Gasteiger partial charge in [0.05, 0.1) is 11.4 Å². The second kappa shape index (κ2) is 4.65. The molecule has 0 amide bonds. The van der Waals surface area contributed by atoms with Crippen LogP contribution in [0.15, 0.2) is 52.7 Å². The van der Waals surface area contributed by atoms with Gasteiger partial charge in [-0.05, 0) is 48.9 Å². The predicted molar refractivity (Wildman–Crippen MR) is 70.6 cm³/mol. The number of nitrogens with zero attached hydrogens (tertiary/aromatic N) is 2. The van der Waals surface area contributed by atoms with E-state index in [1.165, 1.54) is 0 Å². The second-order valence-corrected chi connectivity index (χ2v) is 3.84. The summed E-state index contributed by atoms with van der Waals surface area (Å²) in [4.78, 5) is 0. The summed E-state index contributed by atoms with van der Waals surface area (Å²) in [7, 11) is 0. The van der Waals surface area contributed by atoms with E-state index in [0.29, 0.717) is 5.69 Å². The fraction of sp³-hybridized carbons (Fsp3) is 0.0769. The molecule has 86 valence electrons. The summed E-state index contributed by atoms with van der Waals surface area (Å²) < 4.78 is 0. The molecule has 0 aliphatic rings. The Hall–Kier alpha value is -2.36. The van der Waals surface area contributed by atoms with E-state index in [-0.39, 0.29) is 0 Å². The van der Waals surface area contributed by atoms with E-state index in [0.717, 1.165) is 22.6 Å². The van der Waals surface area contributed by atoms with Crippen LogP contribution in [-0.2, 0) is 0 Å². The highest BCUT2D eigenvalue weighted by atomic mass is 15.1. The van der Waals surface area contributed by atoms with Gasteiger partial charge < -0.3 is 11.5 Å². The van der Waals surface area contributed by atoms with Crippen LogP contribution in [0.3, 0.4) is 0 Å². The van der Waals surface area contributed by atoms with Crippen LogP contribution in [0.1, 0.15) is 5.56 Å². The molecule has 4 heteroatoms. The molecule has 4 nitrogen and oxygen atoms in total. The zero-order valence-corrected chi connectivity index (χ0v) is 9.59. The number of azo groups is 1. The maximum atomic E-state index is 5.67. The number of benzene rings is 2. The molecule has 2 aromatic carbocycles. The molecule has 0 aliphatic heterocycles. The van der Waals surface area contributed by atoms with Gasteiger partial charge in [-0.2, -0.15) is 10.2 Å². The molecule has 0 unspecified atom stereocenters. The van der Waals surface area contributed by atoms with Crippen LogP contribution in [0, 0.1) is 6.92 Å². The SMILES string of the molecule is Cc1cc(N)ccc1/N=N/c1cccc(N)c1. The first kappa shape index (κ1) is 11.1. The Balaban J connectivity index is 2.26. The summed E-state index contributed by atoms with van der Waals surface area (Å²) >= 11 is 0. The largest absolute Gasteiger partial charge is 0.399 e. The summed E-state index contributed by atoms with van der Waals surface area (Å²) in [5, 5.41) is 8.30. The Morgan fingerprint density at radius 2 is 1.65 bits per heavy atom. The summed E-state index contributed by atoms with van der Waals surface area (Å²) in [6.07, 6.45) is 0. The maximum absolute atomic E-state index is 5.67. The van der Waals surface area contributed by atoms with Gasteiger partial charge in [0.15, 0.2) is 0 Å². The van der Waals surface area contributed by atoms with Gasteiger partial charge in [0.2, 0.25) is 0 Å². The van der Waals surface area contributed by atoms with Crippen molar-refractivity contribution in [1.29, 1.82) is 0 Å². The van der Waals surface area contributed by atoms with Gasteiger partial charge in [-0.25, -0.2) is 0 Å². The zero-order valence-electron chi connectivity index (χ0n) is 9.59. The monoisotopic (exact) mass is 226 g/mol. The molecule has 0 aliphatic carbocycles. The van der Waals surface area contributed by atoms with Gasteiger partial charge in [-0.15, -0.1) is 0 Å². The summed E-state index contributed by atoms with van der Waals surface area (Å²) in [5.74, 6) is 0. The Morgan fingerprint density at radius 3 is 2.35 bits per heavy atom. The first-order valence-electron chi connectivity index (χ1n) is 5.28. The van der Waals surface area contributed by atoms with Crippen LogP contribution in [-0.4, -0.2) is 0 Å². The molecule has 2 aromatic rings. The van der Waals surface area contributed by atoms with E-state index in [4.69, 9.17) is 11.5 Å². The molecule has 17 heavy (non-hydrogen) atoms. The third-order valence-electron chi connectivity index (χ3n) is 2.36. The van der Waals surface area contributed by atoms with Crippen molar-refractivity contribution in [2.75, 3.05) is 11.5 Å². The highest BCUT2D eigenvalue weighted by molar-refractivity contribution is 5.55. The minimum absolute atomic E-state index is 0.676. The van der Waals surface area contributed by atoms with Gasteiger partial charge in [-0.3, -0.25) is 0 Å². The molecule has 0 radical (unpaired) electrons. The lowest BCUT2D eigenvalue weighted by Gasteiger charge is -2.00. The molecule has 0 fully saturated rings. The van der Waals surface area contributed by atoms with E-state index in [9.17, 15) is 0 Å². The standard InChI is InChI=1S/C13H14N4/c1-9-7-11(15)5-6-13(9)17-16-12-4-2-3-10(14)8-12/h2-8H,14-15H2,1H3/b17-16+. The summed E-state index contributed by atoms with van der Waals surface area (Å²) in [5.41, 5.74) is 15.3. The van der Waals surface area contributed by atoms with Crippen molar-refractivity contribution >= 4 is 22.7 Å². The third kappa shape index (κ3) is 2.81. The number of hydrogen-bond acceptors (Lipinski definition) is 4. The maximum Gasteiger partial charge on any atom is 0.0887 e. The van der Waals surface area contributed by atoms with E-state index in [1.807, 2.05) is 37.3 Å². The molecule has 0 bridgehead atoms. The number of anilines is 2. The summed E-state index contributed by atoms with van der Waals surface area (Å²) in [6.45, 7) is 1.95. The van der Waals surface area contributed by atoms with Gasteiger partial charge >= 0.3 is 0 Å². The molecule has 0 aromatic heterocycles. The van der Waals surface area contributed by atoms with Crippen molar-refractivity contribution < 1.29 is 0 Å². The van der Waals surface area contributed by atoms with E-state index in [2.05, 4.69) is 10.2 Å². The molecule has 0 atom stereocenters. The minimum Gasteiger partial charge on any atom is -0.399 e. The molecule has 0 spiro atoms. The number of nitrogens with two attached hydrogens (primary N) is 2. The number of aryl methyl sites for hydroxylation is 1. The van der Waals surface area contributed by atoms with Gasteiger partial charge in [0, 0.05) is 11.4 Å². The average Bonchev–Trinajstić information content (AvgIpc) is 2.28. The van der Waals surface area contributed by atoms with Crippen LogP contribution in [0.25, 0.3) is 0 Å². The van der Waals surface area contributed by atoms with Gasteiger partial charge in [0.25, 0.3) is 0 Å². The first-order chi connectivity index (χ1) is 8.15. The predicted octanol–water partition coefficient (Wildman–Crippen LogP) is 3.57. The fourth-order valence-electron chi connectivity index (χ4n) is 1.49. The molecular weight excluding hydrogens is 212 g/mol. The van der Waals surface area contributed by atoms with Crippen molar-refractivity contribution in [1.82, 2.24) is 0 Å². The Bertz CT molecular complexity index is 561. The molecule has 4 N–H and O–H groups in total. The van der Waals surface area contributed by atoms with Crippen LogP contribution in [0.2, 0.25) is 0 Å². The smallest absolute Gasteiger partial charge is 0.0887 e. The second-order valence-electron chi connectivity index (χ2n) is 3.84. The lowest BCUT2D eigenvalue weighted by atomic mass is 10.2. The average molecular weight is 226 g/mol. The van der Waals surface area contributed by atoms with E-state index in [1.54, 1.807) is 12.1 Å². The fourth-order valence-corrected chi connectivity index (χ4v) is 1.49. The topological polar surface area (TPSA) is 76.8 Å². The van der Waals surface area contributed by atoms with Gasteiger partial charge in [-0.1, -0.05) is 6.07 Å². The van der Waals surface area contributed by atoms with Crippen molar-refractivity contribution in [3.05, 3.63) is 48.0 Å². The Morgan fingerprint density at radius 1 is 0.882 bits per heavy atom. The number of nitrogen functional groups attached to an aromatic ring is 2. The number of rotatable bonds is 2.